The van der Waals surface area contributed by atoms with Gasteiger partial charge in [-0.3, -0.25) is 4.98 Å². The number of hydrogen-bond acceptors (Lipinski definition) is 2. The average Bonchev–Trinajstić information content (AvgIpc) is 2.16. The summed E-state index contributed by atoms with van der Waals surface area (Å²) in [5.41, 5.74) is 9.34. The van der Waals surface area contributed by atoms with E-state index in [1.54, 1.807) is 0 Å². The molecule has 0 radical (unpaired) electrons. The van der Waals surface area contributed by atoms with E-state index in [0.717, 1.165) is 17.6 Å². The Labute approximate surface area is 116 Å². The quantitative estimate of drug-likeness (QED) is 0.851. The molecule has 2 N–H and O–H groups in total. The monoisotopic (exact) mass is 340 g/mol. The summed E-state index contributed by atoms with van der Waals surface area (Å²) in [6.07, 6.45) is 0.868. The third-order valence-electron chi connectivity index (χ3n) is 2.63. The first-order valence-electron chi connectivity index (χ1n) is 5.70. The van der Waals surface area contributed by atoms with Crippen LogP contribution in [0.4, 0.5) is 0 Å². The van der Waals surface area contributed by atoms with Gasteiger partial charge in [0.05, 0.1) is 5.52 Å². The van der Waals surface area contributed by atoms with Crippen molar-refractivity contribution < 1.29 is 0 Å². The highest BCUT2D eigenvalue weighted by molar-refractivity contribution is 14.1. The lowest BCUT2D eigenvalue weighted by atomic mass is 9.93. The largest absolute Gasteiger partial charge is 0.325 e. The normalized spacial score (nSPS) is 12.1. The van der Waals surface area contributed by atoms with E-state index in [1.165, 1.54) is 14.5 Å². The van der Waals surface area contributed by atoms with Crippen LogP contribution in [-0.4, -0.2) is 10.5 Å². The van der Waals surface area contributed by atoms with Crippen molar-refractivity contribution in [1.82, 2.24) is 4.98 Å². The molecule has 1 heterocycles. The van der Waals surface area contributed by atoms with E-state index in [0.29, 0.717) is 0 Å². The van der Waals surface area contributed by atoms with Crippen molar-refractivity contribution in [3.8, 4) is 0 Å². The molecule has 0 aliphatic rings. The molecule has 2 aromatic rings. The van der Waals surface area contributed by atoms with Gasteiger partial charge in [-0.1, -0.05) is 0 Å². The number of halogens is 1. The minimum atomic E-state index is -0.192. The van der Waals surface area contributed by atoms with Crippen LogP contribution in [-0.2, 0) is 6.42 Å². The van der Waals surface area contributed by atoms with Gasteiger partial charge in [-0.2, -0.15) is 0 Å². The second-order valence-electron chi connectivity index (χ2n) is 5.25. The van der Waals surface area contributed by atoms with Crippen LogP contribution in [0, 0.1) is 10.5 Å². The number of rotatable bonds is 2. The molecule has 90 valence electrons. The van der Waals surface area contributed by atoms with Crippen molar-refractivity contribution in [2.24, 2.45) is 5.73 Å². The Balaban J connectivity index is 2.63. The van der Waals surface area contributed by atoms with Gasteiger partial charge in [-0.25, -0.2) is 0 Å². The zero-order chi connectivity index (χ0) is 12.6. The van der Waals surface area contributed by atoms with Crippen LogP contribution < -0.4 is 5.73 Å². The maximum atomic E-state index is 6.12. The third kappa shape index (κ3) is 3.16. The summed E-state index contributed by atoms with van der Waals surface area (Å²) in [5.74, 6) is 0. The van der Waals surface area contributed by atoms with E-state index in [-0.39, 0.29) is 5.54 Å². The summed E-state index contributed by atoms with van der Waals surface area (Å²) in [7, 11) is 0. The van der Waals surface area contributed by atoms with Crippen molar-refractivity contribution in [3.63, 3.8) is 0 Å². The molecular weight excluding hydrogens is 323 g/mol. The van der Waals surface area contributed by atoms with Gasteiger partial charge in [0.15, 0.2) is 0 Å². The molecule has 2 nitrogen and oxygen atoms in total. The van der Waals surface area contributed by atoms with Crippen molar-refractivity contribution in [2.75, 3.05) is 0 Å². The highest BCUT2D eigenvalue weighted by Crippen LogP contribution is 2.23. The SMILES string of the molecule is Cc1cc(CC(C)(C)N)c2cc(I)ccc2n1. The predicted octanol–water partition coefficient (Wildman–Crippen LogP) is 3.43. The molecular formula is C14H17IN2. The zero-order valence-corrected chi connectivity index (χ0v) is 12.6. The molecule has 17 heavy (non-hydrogen) atoms. The number of pyridine rings is 1. The molecule has 1 aromatic carbocycles. The summed E-state index contributed by atoms with van der Waals surface area (Å²) >= 11 is 2.33. The lowest BCUT2D eigenvalue weighted by Gasteiger charge is -2.20. The summed E-state index contributed by atoms with van der Waals surface area (Å²) < 4.78 is 1.23. The van der Waals surface area contributed by atoms with E-state index >= 15 is 0 Å². The fraction of sp³-hybridized carbons (Fsp3) is 0.357. The molecule has 0 atom stereocenters. The number of aromatic nitrogens is 1. The Hall–Kier alpha value is -0.680. The van der Waals surface area contributed by atoms with Gasteiger partial charge in [0.25, 0.3) is 0 Å². The van der Waals surface area contributed by atoms with Crippen molar-refractivity contribution in [3.05, 3.63) is 39.1 Å². The van der Waals surface area contributed by atoms with Gasteiger partial charge in [0.2, 0.25) is 0 Å². The minimum absolute atomic E-state index is 0.192. The van der Waals surface area contributed by atoms with Gasteiger partial charge in [0.1, 0.15) is 0 Å². The van der Waals surface area contributed by atoms with Crippen molar-refractivity contribution >= 4 is 33.5 Å². The molecule has 0 bridgehead atoms. The molecule has 2 rings (SSSR count). The summed E-state index contributed by atoms with van der Waals surface area (Å²) in [6, 6.07) is 8.50. The third-order valence-corrected chi connectivity index (χ3v) is 3.30. The van der Waals surface area contributed by atoms with Gasteiger partial charge < -0.3 is 5.73 Å². The highest BCUT2D eigenvalue weighted by Gasteiger charge is 2.14. The van der Waals surface area contributed by atoms with Crippen LogP contribution in [0.3, 0.4) is 0 Å². The van der Waals surface area contributed by atoms with Crippen LogP contribution in [0.1, 0.15) is 25.1 Å². The molecule has 0 spiro atoms. The van der Waals surface area contributed by atoms with Crippen LogP contribution in [0.25, 0.3) is 10.9 Å². The topological polar surface area (TPSA) is 38.9 Å². The van der Waals surface area contributed by atoms with E-state index in [4.69, 9.17) is 5.73 Å². The number of fused-ring (bicyclic) bond motifs is 1. The Morgan fingerprint density at radius 2 is 2.00 bits per heavy atom. The van der Waals surface area contributed by atoms with Crippen molar-refractivity contribution in [1.29, 1.82) is 0 Å². The number of nitrogens with two attached hydrogens (primary N) is 1. The molecule has 0 saturated heterocycles. The van der Waals surface area contributed by atoms with Gasteiger partial charge in [-0.05, 0) is 79.6 Å². The predicted molar refractivity (Wildman–Crippen MR) is 81.2 cm³/mol. The van der Waals surface area contributed by atoms with Crippen LogP contribution in [0.5, 0.6) is 0 Å². The number of hydrogen-bond donors (Lipinski definition) is 1. The maximum absolute atomic E-state index is 6.12. The van der Waals surface area contributed by atoms with Gasteiger partial charge >= 0.3 is 0 Å². The van der Waals surface area contributed by atoms with E-state index in [2.05, 4.69) is 65.7 Å². The molecule has 0 aliphatic carbocycles. The Morgan fingerprint density at radius 1 is 1.29 bits per heavy atom. The fourth-order valence-corrected chi connectivity index (χ4v) is 2.54. The lowest BCUT2D eigenvalue weighted by molar-refractivity contribution is 0.518. The number of nitrogens with zero attached hydrogens (tertiary/aromatic N) is 1. The Morgan fingerprint density at radius 3 is 2.65 bits per heavy atom. The Kier molecular flexibility index (Phi) is 3.41. The first kappa shape index (κ1) is 12.8. The molecule has 1 aromatic heterocycles. The average molecular weight is 340 g/mol. The molecule has 0 unspecified atom stereocenters. The Bertz CT molecular complexity index is 556. The van der Waals surface area contributed by atoms with E-state index < -0.39 is 0 Å². The lowest BCUT2D eigenvalue weighted by Crippen LogP contribution is -2.34. The standard InChI is InChI=1S/C14H17IN2/c1-9-6-10(8-14(2,3)16)12-7-11(15)4-5-13(12)17-9/h4-7H,8,16H2,1-3H3. The van der Waals surface area contributed by atoms with Crippen LogP contribution >= 0.6 is 22.6 Å². The highest BCUT2D eigenvalue weighted by atomic mass is 127. The van der Waals surface area contributed by atoms with Gasteiger partial charge in [-0.15, -0.1) is 0 Å². The zero-order valence-electron chi connectivity index (χ0n) is 10.4. The van der Waals surface area contributed by atoms with E-state index in [1.807, 2.05) is 6.92 Å². The first-order chi connectivity index (χ1) is 7.85. The van der Waals surface area contributed by atoms with Crippen LogP contribution in [0.15, 0.2) is 24.3 Å². The van der Waals surface area contributed by atoms with E-state index in [9.17, 15) is 0 Å². The first-order valence-corrected chi connectivity index (χ1v) is 6.78. The molecule has 3 heteroatoms. The molecule has 0 saturated carbocycles. The fourth-order valence-electron chi connectivity index (χ4n) is 2.05. The maximum Gasteiger partial charge on any atom is 0.0708 e. The number of benzene rings is 1. The summed E-state index contributed by atoms with van der Waals surface area (Å²) in [4.78, 5) is 4.56. The second kappa shape index (κ2) is 4.53. The van der Waals surface area contributed by atoms with Crippen LogP contribution in [0.2, 0.25) is 0 Å². The van der Waals surface area contributed by atoms with Crippen molar-refractivity contribution in [2.45, 2.75) is 32.7 Å². The second-order valence-corrected chi connectivity index (χ2v) is 6.50. The molecule has 0 amide bonds. The smallest absolute Gasteiger partial charge is 0.0708 e. The van der Waals surface area contributed by atoms with Gasteiger partial charge in [0, 0.05) is 20.2 Å². The summed E-state index contributed by atoms with van der Waals surface area (Å²) in [5, 5.41) is 1.22. The molecule has 0 aliphatic heterocycles. The number of aryl methyl sites for hydroxylation is 1. The minimum Gasteiger partial charge on any atom is -0.325 e. The summed E-state index contributed by atoms with van der Waals surface area (Å²) in [6.45, 7) is 6.15. The molecule has 0 fully saturated rings.